The lowest BCUT2D eigenvalue weighted by molar-refractivity contribution is -0.384. The van der Waals surface area contributed by atoms with Crippen molar-refractivity contribution in [3.05, 3.63) is 51.6 Å². The third kappa shape index (κ3) is 2.63. The van der Waals surface area contributed by atoms with Crippen LogP contribution in [0.3, 0.4) is 0 Å². The maximum atomic E-state index is 10.8. The second-order valence-corrected chi connectivity index (χ2v) is 4.04. The van der Waals surface area contributed by atoms with Gasteiger partial charge in [-0.2, -0.15) is 10.5 Å². The zero-order valence-electron chi connectivity index (χ0n) is 10.6. The zero-order chi connectivity index (χ0) is 15.4. The molecule has 1 aromatic carbocycles. The number of hydrogen-bond donors (Lipinski definition) is 2. The third-order valence-corrected chi connectivity index (χ3v) is 2.85. The Labute approximate surface area is 119 Å². The van der Waals surface area contributed by atoms with Gasteiger partial charge in [0.25, 0.3) is 5.69 Å². The minimum Gasteiger partial charge on any atom is -0.324 e. The summed E-state index contributed by atoms with van der Waals surface area (Å²) in [6, 6.07) is 7.83. The van der Waals surface area contributed by atoms with Crippen molar-refractivity contribution in [2.45, 2.75) is 6.54 Å². The lowest BCUT2D eigenvalue weighted by Crippen LogP contribution is -2.12. The van der Waals surface area contributed by atoms with E-state index in [0.29, 0.717) is 11.3 Å². The first-order chi connectivity index (χ1) is 10.1. The predicted molar refractivity (Wildman–Crippen MR) is 71.7 cm³/mol. The van der Waals surface area contributed by atoms with Gasteiger partial charge in [-0.05, 0) is 6.07 Å². The van der Waals surface area contributed by atoms with Crippen LogP contribution in [0.5, 0.6) is 0 Å². The molecule has 1 heterocycles. The van der Waals surface area contributed by atoms with Gasteiger partial charge < -0.3 is 9.99 Å². The predicted octanol–water partition coefficient (Wildman–Crippen LogP) is 0.869. The van der Waals surface area contributed by atoms with Crippen molar-refractivity contribution in [1.82, 2.24) is 9.55 Å². The van der Waals surface area contributed by atoms with E-state index in [1.54, 1.807) is 0 Å². The van der Waals surface area contributed by atoms with Gasteiger partial charge in [-0.3, -0.25) is 16.0 Å². The minimum atomic E-state index is -0.524. The van der Waals surface area contributed by atoms with Crippen molar-refractivity contribution in [1.29, 1.82) is 10.5 Å². The Bertz CT molecular complexity index is 782. The number of imidazole rings is 1. The van der Waals surface area contributed by atoms with Gasteiger partial charge in [0.05, 0.1) is 23.5 Å². The molecule has 104 valence electrons. The molecule has 0 aliphatic rings. The highest BCUT2D eigenvalue weighted by Crippen LogP contribution is 2.23. The van der Waals surface area contributed by atoms with Crippen LogP contribution in [0, 0.1) is 32.8 Å². The van der Waals surface area contributed by atoms with E-state index < -0.39 is 4.92 Å². The Balaban J connectivity index is 2.46. The highest BCUT2D eigenvalue weighted by Gasteiger charge is 2.14. The van der Waals surface area contributed by atoms with Gasteiger partial charge in [-0.1, -0.05) is 0 Å². The van der Waals surface area contributed by atoms with Crippen LogP contribution in [0.4, 0.5) is 11.4 Å². The van der Waals surface area contributed by atoms with Crippen LogP contribution in [0.15, 0.2) is 24.5 Å². The molecule has 3 N–H and O–H groups in total. The summed E-state index contributed by atoms with van der Waals surface area (Å²) in [6.07, 6.45) is 1.33. The van der Waals surface area contributed by atoms with Gasteiger partial charge in [-0.15, -0.1) is 0 Å². The molecule has 2 aromatic rings. The van der Waals surface area contributed by atoms with Crippen LogP contribution in [0.2, 0.25) is 0 Å². The Morgan fingerprint density at radius 3 is 2.76 bits per heavy atom. The topological polar surface area (TPSA) is 147 Å². The highest BCUT2D eigenvalue weighted by atomic mass is 16.6. The van der Waals surface area contributed by atoms with E-state index in [9.17, 15) is 10.1 Å². The molecule has 0 atom stereocenters. The average Bonchev–Trinajstić information content (AvgIpc) is 2.88. The van der Waals surface area contributed by atoms with Crippen molar-refractivity contribution in [3.8, 4) is 12.1 Å². The molecule has 0 aliphatic heterocycles. The van der Waals surface area contributed by atoms with Gasteiger partial charge in [0.2, 0.25) is 0 Å². The van der Waals surface area contributed by atoms with Crippen LogP contribution in [-0.2, 0) is 6.54 Å². The van der Waals surface area contributed by atoms with Gasteiger partial charge >= 0.3 is 0 Å². The fourth-order valence-electron chi connectivity index (χ4n) is 1.85. The first kappa shape index (κ1) is 14.0. The van der Waals surface area contributed by atoms with Gasteiger partial charge in [0, 0.05) is 17.7 Å². The van der Waals surface area contributed by atoms with Crippen molar-refractivity contribution >= 4 is 11.4 Å². The molecule has 1 aromatic heterocycles. The number of aromatic nitrogens is 2. The highest BCUT2D eigenvalue weighted by molar-refractivity contribution is 5.55. The molecule has 0 saturated heterocycles. The van der Waals surface area contributed by atoms with Gasteiger partial charge in [0.1, 0.15) is 12.1 Å². The first-order valence-corrected chi connectivity index (χ1v) is 5.70. The van der Waals surface area contributed by atoms with Crippen molar-refractivity contribution in [3.63, 3.8) is 0 Å². The number of hydrogen-bond acceptors (Lipinski definition) is 7. The Morgan fingerprint density at radius 1 is 1.43 bits per heavy atom. The molecule has 0 amide bonds. The number of nitriles is 2. The molecule has 21 heavy (non-hydrogen) atoms. The van der Waals surface area contributed by atoms with Crippen LogP contribution < -0.4 is 11.3 Å². The smallest absolute Gasteiger partial charge is 0.269 e. The summed E-state index contributed by atoms with van der Waals surface area (Å²) >= 11 is 0. The molecule has 9 nitrogen and oxygen atoms in total. The van der Waals surface area contributed by atoms with Crippen LogP contribution in [-0.4, -0.2) is 14.5 Å². The van der Waals surface area contributed by atoms with Crippen molar-refractivity contribution in [2.24, 2.45) is 5.84 Å². The maximum absolute atomic E-state index is 10.8. The standard InChI is InChI=1S/C12H9N7O2/c13-4-11-12(5-14)18(7-16-11)6-8-3-9(19(20)21)1-2-10(8)17-15/h1-3,7,17H,6,15H2. The summed E-state index contributed by atoms with van der Waals surface area (Å²) in [5.41, 5.74) is 3.42. The SMILES string of the molecule is N#Cc1ncn(Cc2cc([N+](=O)[O-])ccc2NN)c1C#N. The maximum Gasteiger partial charge on any atom is 0.269 e. The van der Waals surface area contributed by atoms with Crippen molar-refractivity contribution in [2.75, 3.05) is 5.43 Å². The summed E-state index contributed by atoms with van der Waals surface area (Å²) in [4.78, 5) is 14.1. The van der Waals surface area contributed by atoms with E-state index in [2.05, 4.69) is 10.4 Å². The molecule has 0 unspecified atom stereocenters. The molecule has 2 rings (SSSR count). The fraction of sp³-hybridized carbons (Fsp3) is 0.0833. The summed E-state index contributed by atoms with van der Waals surface area (Å²) < 4.78 is 1.43. The second-order valence-electron chi connectivity index (χ2n) is 4.04. The Morgan fingerprint density at radius 2 is 2.19 bits per heavy atom. The molecular formula is C12H9N7O2. The number of nitro benzene ring substituents is 1. The minimum absolute atomic E-state index is 0.00480. The quantitative estimate of drug-likeness (QED) is 0.480. The monoisotopic (exact) mass is 283 g/mol. The number of hydrazine groups is 1. The van der Waals surface area contributed by atoms with Crippen LogP contribution in [0.25, 0.3) is 0 Å². The van der Waals surface area contributed by atoms with Crippen molar-refractivity contribution < 1.29 is 4.92 Å². The van der Waals surface area contributed by atoms with Gasteiger partial charge in [0.15, 0.2) is 11.4 Å². The average molecular weight is 283 g/mol. The van der Waals surface area contributed by atoms with E-state index in [-0.39, 0.29) is 23.6 Å². The summed E-state index contributed by atoms with van der Waals surface area (Å²) in [6.45, 7) is 0.124. The Hall–Kier alpha value is -3.43. The lowest BCUT2D eigenvalue weighted by Gasteiger charge is -2.10. The summed E-state index contributed by atoms with van der Waals surface area (Å²) in [7, 11) is 0. The molecular weight excluding hydrogens is 274 g/mol. The number of non-ortho nitro benzene ring substituents is 1. The van der Waals surface area contributed by atoms with Gasteiger partial charge in [-0.25, -0.2) is 4.98 Å². The number of rotatable bonds is 4. The normalized spacial score (nSPS) is 9.67. The van der Waals surface area contributed by atoms with E-state index in [1.165, 1.54) is 29.1 Å². The number of anilines is 1. The van der Waals surface area contributed by atoms with Crippen LogP contribution >= 0.6 is 0 Å². The number of nitrogens with two attached hydrogens (primary N) is 1. The van der Waals surface area contributed by atoms with Crippen LogP contribution in [0.1, 0.15) is 17.0 Å². The number of nitro groups is 1. The molecule has 0 radical (unpaired) electrons. The molecule has 0 saturated carbocycles. The zero-order valence-corrected chi connectivity index (χ0v) is 10.6. The molecule has 0 bridgehead atoms. The van der Waals surface area contributed by atoms with E-state index in [0.717, 1.165) is 0 Å². The first-order valence-electron chi connectivity index (χ1n) is 5.70. The number of nitrogens with one attached hydrogen (secondary N) is 1. The molecule has 0 fully saturated rings. The molecule has 9 heteroatoms. The van der Waals surface area contributed by atoms with E-state index in [4.69, 9.17) is 16.4 Å². The largest absolute Gasteiger partial charge is 0.324 e. The van der Waals surface area contributed by atoms with E-state index >= 15 is 0 Å². The summed E-state index contributed by atoms with van der Waals surface area (Å²) in [5.74, 6) is 5.37. The number of nitrogens with zero attached hydrogens (tertiary/aromatic N) is 5. The number of nitrogen functional groups attached to an aromatic ring is 1. The summed E-state index contributed by atoms with van der Waals surface area (Å²) in [5, 5.41) is 28.7. The molecule has 0 aliphatic carbocycles. The Kier molecular flexibility index (Phi) is 3.79. The lowest BCUT2D eigenvalue weighted by atomic mass is 10.1. The third-order valence-electron chi connectivity index (χ3n) is 2.85. The molecule has 0 spiro atoms. The number of benzene rings is 1. The van der Waals surface area contributed by atoms with E-state index in [1.807, 2.05) is 12.1 Å². The fourth-order valence-corrected chi connectivity index (χ4v) is 1.85. The second kappa shape index (κ2) is 5.69.